The molecule has 1 aliphatic carbocycles. The van der Waals surface area contributed by atoms with Gasteiger partial charge in [0.05, 0.1) is 5.75 Å². The van der Waals surface area contributed by atoms with Crippen LogP contribution in [0.1, 0.15) is 32.6 Å². The highest BCUT2D eigenvalue weighted by molar-refractivity contribution is 7.89. The van der Waals surface area contributed by atoms with Gasteiger partial charge < -0.3 is 5.32 Å². The van der Waals surface area contributed by atoms with Gasteiger partial charge in [-0.2, -0.15) is 0 Å². The van der Waals surface area contributed by atoms with E-state index in [1.54, 1.807) is 7.05 Å². The molecule has 1 saturated carbocycles. The fourth-order valence-electron chi connectivity index (χ4n) is 1.93. The predicted octanol–water partition coefficient (Wildman–Crippen LogP) is 0.704. The first-order valence-electron chi connectivity index (χ1n) is 5.68. The lowest BCUT2D eigenvalue weighted by Gasteiger charge is -2.26. The predicted molar refractivity (Wildman–Crippen MR) is 62.3 cm³/mol. The van der Waals surface area contributed by atoms with Crippen LogP contribution in [0.2, 0.25) is 0 Å². The third-order valence-electron chi connectivity index (χ3n) is 2.98. The topological polar surface area (TPSA) is 58.2 Å². The Bertz CT molecular complexity index is 269. The van der Waals surface area contributed by atoms with Crippen LogP contribution in [0.5, 0.6) is 0 Å². The van der Waals surface area contributed by atoms with Gasteiger partial charge in [0, 0.05) is 12.6 Å². The second-order valence-electron chi connectivity index (χ2n) is 4.50. The maximum atomic E-state index is 11.6. The summed E-state index contributed by atoms with van der Waals surface area (Å²) in [6.07, 6.45) is 4.25. The molecule has 0 aliphatic heterocycles. The number of hydrogen-bond acceptors (Lipinski definition) is 3. The Labute approximate surface area is 92.9 Å². The highest BCUT2D eigenvalue weighted by atomic mass is 32.2. The van der Waals surface area contributed by atoms with Crippen LogP contribution in [0.15, 0.2) is 0 Å². The maximum absolute atomic E-state index is 11.6. The molecule has 2 N–H and O–H groups in total. The highest BCUT2D eigenvalue weighted by Gasteiger charge is 2.22. The molecule has 4 nitrogen and oxygen atoms in total. The zero-order chi connectivity index (χ0) is 11.3. The fraction of sp³-hybridized carbons (Fsp3) is 1.00. The van der Waals surface area contributed by atoms with E-state index in [-0.39, 0.29) is 11.8 Å². The molecule has 1 aliphatic rings. The summed E-state index contributed by atoms with van der Waals surface area (Å²) in [5.41, 5.74) is 0. The third kappa shape index (κ3) is 4.95. The molecule has 0 unspecified atom stereocenters. The van der Waals surface area contributed by atoms with Crippen molar-refractivity contribution >= 4 is 10.0 Å². The molecule has 0 saturated heterocycles. The molecule has 0 aromatic heterocycles. The lowest BCUT2D eigenvalue weighted by molar-refractivity contribution is 0.332. The average molecular weight is 234 g/mol. The van der Waals surface area contributed by atoms with E-state index < -0.39 is 10.0 Å². The Hall–Kier alpha value is -0.130. The van der Waals surface area contributed by atoms with E-state index in [1.807, 2.05) is 0 Å². The molecule has 0 heterocycles. The number of sulfonamides is 1. The molecule has 15 heavy (non-hydrogen) atoms. The lowest BCUT2D eigenvalue weighted by Crippen LogP contribution is -2.40. The Balaban J connectivity index is 2.34. The van der Waals surface area contributed by atoms with Crippen LogP contribution in [0.25, 0.3) is 0 Å². The van der Waals surface area contributed by atoms with Gasteiger partial charge in [0.1, 0.15) is 0 Å². The summed E-state index contributed by atoms with van der Waals surface area (Å²) >= 11 is 0. The van der Waals surface area contributed by atoms with Crippen LogP contribution in [0.4, 0.5) is 0 Å². The van der Waals surface area contributed by atoms with Crippen molar-refractivity contribution in [1.82, 2.24) is 10.0 Å². The standard InChI is InChI=1S/C10H22N2O2S/c1-9-3-5-10(6-4-9)12-15(13,14)8-7-11-2/h9-12H,3-8H2,1-2H3. The second-order valence-corrected chi connectivity index (χ2v) is 6.37. The molecule has 0 atom stereocenters. The van der Waals surface area contributed by atoms with Gasteiger partial charge in [-0.25, -0.2) is 13.1 Å². The fourth-order valence-corrected chi connectivity index (χ4v) is 3.26. The molecular formula is C10H22N2O2S. The van der Waals surface area contributed by atoms with Gasteiger partial charge in [0.2, 0.25) is 10.0 Å². The normalized spacial score (nSPS) is 27.9. The first-order valence-corrected chi connectivity index (χ1v) is 7.33. The molecular weight excluding hydrogens is 212 g/mol. The van der Waals surface area contributed by atoms with Gasteiger partial charge in [-0.3, -0.25) is 0 Å². The monoisotopic (exact) mass is 234 g/mol. The minimum Gasteiger partial charge on any atom is -0.319 e. The van der Waals surface area contributed by atoms with E-state index in [2.05, 4.69) is 17.0 Å². The molecule has 1 fully saturated rings. The molecule has 0 spiro atoms. The van der Waals surface area contributed by atoms with E-state index >= 15 is 0 Å². The molecule has 90 valence electrons. The SMILES string of the molecule is CNCCS(=O)(=O)NC1CCC(C)CC1. The van der Waals surface area contributed by atoms with E-state index in [0.29, 0.717) is 6.54 Å². The molecule has 0 amide bonds. The van der Waals surface area contributed by atoms with Crippen molar-refractivity contribution in [3.63, 3.8) is 0 Å². The maximum Gasteiger partial charge on any atom is 0.213 e. The molecule has 0 radical (unpaired) electrons. The van der Waals surface area contributed by atoms with Gasteiger partial charge in [0.15, 0.2) is 0 Å². The van der Waals surface area contributed by atoms with E-state index in [0.717, 1.165) is 31.6 Å². The Morgan fingerprint density at radius 3 is 2.33 bits per heavy atom. The van der Waals surface area contributed by atoms with Crippen LogP contribution in [0, 0.1) is 5.92 Å². The highest BCUT2D eigenvalue weighted by Crippen LogP contribution is 2.23. The minimum atomic E-state index is -3.07. The van der Waals surface area contributed by atoms with E-state index in [1.165, 1.54) is 0 Å². The van der Waals surface area contributed by atoms with Crippen LogP contribution < -0.4 is 10.0 Å². The van der Waals surface area contributed by atoms with Crippen LogP contribution >= 0.6 is 0 Å². The van der Waals surface area contributed by atoms with Crippen molar-refractivity contribution in [2.75, 3.05) is 19.3 Å². The summed E-state index contributed by atoms with van der Waals surface area (Å²) in [6, 6.07) is 0.169. The van der Waals surface area contributed by atoms with Gasteiger partial charge in [-0.15, -0.1) is 0 Å². The third-order valence-corrected chi connectivity index (χ3v) is 4.42. The second kappa shape index (κ2) is 5.82. The van der Waals surface area contributed by atoms with Crippen LogP contribution in [0.3, 0.4) is 0 Å². The number of rotatable bonds is 5. The van der Waals surface area contributed by atoms with Crippen LogP contribution in [-0.2, 0) is 10.0 Å². The van der Waals surface area contributed by atoms with E-state index in [9.17, 15) is 8.42 Å². The Kier molecular flexibility index (Phi) is 5.02. The van der Waals surface area contributed by atoms with Gasteiger partial charge in [-0.1, -0.05) is 6.92 Å². The summed E-state index contributed by atoms with van der Waals surface area (Å²) < 4.78 is 26.0. The van der Waals surface area contributed by atoms with Crippen molar-refractivity contribution in [1.29, 1.82) is 0 Å². The van der Waals surface area contributed by atoms with Gasteiger partial charge in [-0.05, 0) is 38.6 Å². The number of nitrogens with one attached hydrogen (secondary N) is 2. The van der Waals surface area contributed by atoms with Crippen molar-refractivity contribution in [3.8, 4) is 0 Å². The van der Waals surface area contributed by atoms with Gasteiger partial charge in [0.25, 0.3) is 0 Å². The summed E-state index contributed by atoms with van der Waals surface area (Å²) in [7, 11) is -1.31. The van der Waals surface area contributed by atoms with Crippen molar-refractivity contribution in [2.24, 2.45) is 5.92 Å². The smallest absolute Gasteiger partial charge is 0.213 e. The Morgan fingerprint density at radius 1 is 1.20 bits per heavy atom. The average Bonchev–Trinajstić information content (AvgIpc) is 2.18. The molecule has 0 bridgehead atoms. The zero-order valence-electron chi connectivity index (χ0n) is 9.62. The quantitative estimate of drug-likeness (QED) is 0.736. The number of hydrogen-bond donors (Lipinski definition) is 2. The lowest BCUT2D eigenvalue weighted by atomic mass is 9.88. The summed E-state index contributed by atoms with van der Waals surface area (Å²) in [5.74, 6) is 0.929. The van der Waals surface area contributed by atoms with Gasteiger partial charge >= 0.3 is 0 Å². The summed E-state index contributed by atoms with van der Waals surface area (Å²) in [4.78, 5) is 0. The summed E-state index contributed by atoms with van der Waals surface area (Å²) in [6.45, 7) is 2.74. The zero-order valence-corrected chi connectivity index (χ0v) is 10.4. The van der Waals surface area contributed by atoms with Crippen LogP contribution in [-0.4, -0.2) is 33.8 Å². The first-order chi connectivity index (χ1) is 7.03. The first kappa shape index (κ1) is 12.9. The molecule has 0 aromatic rings. The van der Waals surface area contributed by atoms with Crippen molar-refractivity contribution in [2.45, 2.75) is 38.6 Å². The Morgan fingerprint density at radius 2 is 1.80 bits per heavy atom. The molecule has 0 aromatic carbocycles. The molecule has 5 heteroatoms. The van der Waals surface area contributed by atoms with Crippen molar-refractivity contribution in [3.05, 3.63) is 0 Å². The van der Waals surface area contributed by atoms with Crippen molar-refractivity contribution < 1.29 is 8.42 Å². The minimum absolute atomic E-state index is 0.169. The largest absolute Gasteiger partial charge is 0.319 e. The summed E-state index contributed by atoms with van der Waals surface area (Å²) in [5, 5.41) is 2.85. The molecule has 1 rings (SSSR count). The van der Waals surface area contributed by atoms with E-state index in [4.69, 9.17) is 0 Å².